The quantitative estimate of drug-likeness (QED) is 0.643. The number of nitrogens with one attached hydrogen (secondary N) is 1. The lowest BCUT2D eigenvalue weighted by atomic mass is 10.1. The summed E-state index contributed by atoms with van der Waals surface area (Å²) in [7, 11) is 0. The van der Waals surface area contributed by atoms with E-state index < -0.39 is 0 Å². The van der Waals surface area contributed by atoms with Gasteiger partial charge in [-0.3, -0.25) is 0 Å². The van der Waals surface area contributed by atoms with Crippen LogP contribution in [0.4, 0.5) is 5.00 Å². The van der Waals surface area contributed by atoms with Crippen molar-refractivity contribution < 1.29 is 9.53 Å². The van der Waals surface area contributed by atoms with Gasteiger partial charge < -0.3 is 15.8 Å². The third-order valence-electron chi connectivity index (χ3n) is 2.10. The van der Waals surface area contributed by atoms with Crippen molar-refractivity contribution in [2.45, 2.75) is 20.8 Å². The maximum absolute atomic E-state index is 11.7. The minimum atomic E-state index is -0.344. The van der Waals surface area contributed by atoms with Crippen molar-refractivity contribution in [2.75, 3.05) is 11.9 Å². The lowest BCUT2D eigenvalue weighted by Crippen LogP contribution is -2.20. The van der Waals surface area contributed by atoms with Gasteiger partial charge in [0.25, 0.3) is 0 Å². The van der Waals surface area contributed by atoms with Crippen LogP contribution in [-0.4, -0.2) is 17.7 Å². The zero-order valence-electron chi connectivity index (χ0n) is 9.42. The van der Waals surface area contributed by atoms with Crippen LogP contribution >= 0.6 is 23.6 Å². The highest BCUT2D eigenvalue weighted by Crippen LogP contribution is 2.32. The fourth-order valence-electron chi connectivity index (χ4n) is 1.28. The molecule has 16 heavy (non-hydrogen) atoms. The van der Waals surface area contributed by atoms with Gasteiger partial charge in [-0.15, -0.1) is 11.3 Å². The Kier molecular flexibility index (Phi) is 4.26. The molecule has 88 valence electrons. The molecule has 0 spiro atoms. The molecular weight excluding hydrogens is 244 g/mol. The molecule has 4 nitrogen and oxygen atoms in total. The van der Waals surface area contributed by atoms with Gasteiger partial charge in [-0.2, -0.15) is 0 Å². The minimum Gasteiger partial charge on any atom is -0.462 e. The molecule has 0 unspecified atom stereocenters. The normalized spacial score (nSPS) is 9.94. The number of carbonyl (C=O) groups is 1. The van der Waals surface area contributed by atoms with E-state index in [9.17, 15) is 4.79 Å². The maximum atomic E-state index is 11.7. The van der Waals surface area contributed by atoms with Crippen LogP contribution in [0, 0.1) is 13.8 Å². The fraction of sp³-hybridized carbons (Fsp3) is 0.400. The summed E-state index contributed by atoms with van der Waals surface area (Å²) in [5.41, 5.74) is 6.83. The molecule has 3 N–H and O–H groups in total. The maximum Gasteiger partial charge on any atom is 0.341 e. The van der Waals surface area contributed by atoms with E-state index in [2.05, 4.69) is 5.32 Å². The van der Waals surface area contributed by atoms with E-state index in [0.29, 0.717) is 17.2 Å². The van der Waals surface area contributed by atoms with E-state index in [-0.39, 0.29) is 11.1 Å². The second-order valence-electron chi connectivity index (χ2n) is 3.20. The van der Waals surface area contributed by atoms with Gasteiger partial charge in [0.2, 0.25) is 0 Å². The van der Waals surface area contributed by atoms with Crippen LogP contribution in [0.2, 0.25) is 0 Å². The first-order valence-corrected chi connectivity index (χ1v) is 6.03. The summed E-state index contributed by atoms with van der Waals surface area (Å²) in [6.45, 7) is 5.93. The number of aryl methyl sites for hydroxylation is 1. The molecule has 6 heteroatoms. The van der Waals surface area contributed by atoms with Gasteiger partial charge >= 0.3 is 5.97 Å². The van der Waals surface area contributed by atoms with Crippen LogP contribution < -0.4 is 11.1 Å². The third-order valence-corrected chi connectivity index (χ3v) is 3.33. The van der Waals surface area contributed by atoms with Gasteiger partial charge in [0.1, 0.15) is 5.00 Å². The molecule has 1 aromatic rings. The largest absolute Gasteiger partial charge is 0.462 e. The second kappa shape index (κ2) is 5.27. The van der Waals surface area contributed by atoms with Gasteiger partial charge in [0.05, 0.1) is 12.2 Å². The van der Waals surface area contributed by atoms with Crippen LogP contribution in [0.1, 0.15) is 27.7 Å². The summed E-state index contributed by atoms with van der Waals surface area (Å²) in [6.07, 6.45) is 0. The van der Waals surface area contributed by atoms with E-state index >= 15 is 0 Å². The van der Waals surface area contributed by atoms with Crippen LogP contribution in [0.15, 0.2) is 0 Å². The molecule has 0 atom stereocenters. The summed E-state index contributed by atoms with van der Waals surface area (Å²) in [5, 5.41) is 3.60. The number of nitrogens with two attached hydrogens (primary N) is 1. The summed E-state index contributed by atoms with van der Waals surface area (Å²) in [4.78, 5) is 12.8. The minimum absolute atomic E-state index is 0.145. The summed E-state index contributed by atoms with van der Waals surface area (Å²) in [6, 6.07) is 0. The highest BCUT2D eigenvalue weighted by molar-refractivity contribution is 7.80. The van der Waals surface area contributed by atoms with Crippen molar-refractivity contribution in [3.8, 4) is 0 Å². The van der Waals surface area contributed by atoms with E-state index in [1.54, 1.807) is 6.92 Å². The van der Waals surface area contributed by atoms with Gasteiger partial charge in [0, 0.05) is 4.88 Å². The van der Waals surface area contributed by atoms with Gasteiger partial charge in [-0.05, 0) is 38.6 Å². The summed E-state index contributed by atoms with van der Waals surface area (Å²) in [5.74, 6) is -0.344. The molecule has 0 aliphatic heterocycles. The number of thiophene rings is 1. The molecule has 0 aliphatic rings. The average molecular weight is 258 g/mol. The Hall–Kier alpha value is -1.14. The lowest BCUT2D eigenvalue weighted by Gasteiger charge is -2.05. The molecule has 0 aliphatic carbocycles. The molecule has 0 radical (unpaired) electrons. The molecule has 1 rings (SSSR count). The van der Waals surface area contributed by atoms with E-state index in [1.807, 2.05) is 13.8 Å². The number of hydrogen-bond donors (Lipinski definition) is 2. The molecule has 0 bridgehead atoms. The highest BCUT2D eigenvalue weighted by atomic mass is 32.1. The van der Waals surface area contributed by atoms with Crippen LogP contribution in [0.3, 0.4) is 0 Å². The third kappa shape index (κ3) is 2.70. The first-order chi connectivity index (χ1) is 7.47. The fourth-order valence-corrected chi connectivity index (χ4v) is 2.50. The molecule has 0 saturated heterocycles. The van der Waals surface area contributed by atoms with E-state index in [4.69, 9.17) is 22.7 Å². The SMILES string of the molecule is CCOC(=O)c1c(NC(N)=S)sc(C)c1C. The van der Waals surface area contributed by atoms with Crippen molar-refractivity contribution in [1.82, 2.24) is 0 Å². The van der Waals surface area contributed by atoms with Crippen LogP contribution in [-0.2, 0) is 4.74 Å². The lowest BCUT2D eigenvalue weighted by molar-refractivity contribution is 0.0527. The number of ether oxygens (including phenoxy) is 1. The van der Waals surface area contributed by atoms with Crippen LogP contribution in [0.25, 0.3) is 0 Å². The average Bonchev–Trinajstić information content (AvgIpc) is 2.41. The first kappa shape index (κ1) is 12.9. The van der Waals surface area contributed by atoms with Gasteiger partial charge in [-0.1, -0.05) is 0 Å². The first-order valence-electron chi connectivity index (χ1n) is 4.81. The van der Waals surface area contributed by atoms with Crippen LogP contribution in [0.5, 0.6) is 0 Å². The second-order valence-corrected chi connectivity index (χ2v) is 4.86. The zero-order valence-corrected chi connectivity index (χ0v) is 11.1. The molecule has 0 saturated carbocycles. The van der Waals surface area contributed by atoms with Crippen molar-refractivity contribution in [2.24, 2.45) is 5.73 Å². The smallest absolute Gasteiger partial charge is 0.341 e. The molecule has 1 heterocycles. The van der Waals surface area contributed by atoms with Gasteiger partial charge in [-0.25, -0.2) is 4.79 Å². The van der Waals surface area contributed by atoms with Crippen molar-refractivity contribution in [3.05, 3.63) is 16.0 Å². The van der Waals surface area contributed by atoms with E-state index in [0.717, 1.165) is 10.4 Å². The predicted octanol–water partition coefficient (Wildman–Crippen LogP) is 2.20. The Labute approximate surface area is 104 Å². The number of anilines is 1. The number of hydrogen-bond acceptors (Lipinski definition) is 4. The number of thiocarbonyl (C=S) groups is 1. The predicted molar refractivity (Wildman–Crippen MR) is 70.2 cm³/mol. The van der Waals surface area contributed by atoms with Crippen molar-refractivity contribution in [3.63, 3.8) is 0 Å². The molecule has 0 fully saturated rings. The van der Waals surface area contributed by atoms with Crippen molar-refractivity contribution >= 4 is 39.6 Å². The van der Waals surface area contributed by atoms with E-state index in [1.165, 1.54) is 11.3 Å². The Morgan fingerprint density at radius 2 is 2.19 bits per heavy atom. The zero-order chi connectivity index (χ0) is 12.3. The number of esters is 1. The number of rotatable bonds is 3. The van der Waals surface area contributed by atoms with Gasteiger partial charge in [0.15, 0.2) is 5.11 Å². The molecule has 0 aromatic carbocycles. The molecule has 0 amide bonds. The molecular formula is C10H14N2O2S2. The Balaban J connectivity index is 3.13. The highest BCUT2D eigenvalue weighted by Gasteiger charge is 2.20. The topological polar surface area (TPSA) is 64.3 Å². The number of carbonyl (C=O) groups excluding carboxylic acids is 1. The monoisotopic (exact) mass is 258 g/mol. The summed E-state index contributed by atoms with van der Waals surface area (Å²) < 4.78 is 4.99. The Bertz CT molecular complexity index is 427. The Morgan fingerprint density at radius 1 is 1.56 bits per heavy atom. The standard InChI is InChI=1S/C10H14N2O2S2/c1-4-14-9(13)7-5(2)6(3)16-8(7)12-10(11)15/h4H2,1-3H3,(H3,11,12,15). The van der Waals surface area contributed by atoms with Crippen molar-refractivity contribution in [1.29, 1.82) is 0 Å². The summed E-state index contributed by atoms with van der Waals surface area (Å²) >= 11 is 6.21. The Morgan fingerprint density at radius 3 is 2.69 bits per heavy atom. The molecule has 1 aromatic heterocycles.